The number of ether oxygens (including phenoxy) is 1. The second-order valence-corrected chi connectivity index (χ2v) is 7.07. The van der Waals surface area contributed by atoms with Crippen LogP contribution in [0.15, 0.2) is 46.9 Å². The highest BCUT2D eigenvalue weighted by molar-refractivity contribution is 9.10. The Labute approximate surface area is 171 Å². The first kappa shape index (κ1) is 21.8. The summed E-state index contributed by atoms with van der Waals surface area (Å²) in [7, 11) is 0. The van der Waals surface area contributed by atoms with E-state index in [1.165, 1.54) is 12.1 Å². The van der Waals surface area contributed by atoms with Crippen LogP contribution in [-0.4, -0.2) is 42.7 Å². The zero-order valence-corrected chi connectivity index (χ0v) is 17.0. The van der Waals surface area contributed by atoms with Crippen molar-refractivity contribution in [2.45, 2.75) is 19.4 Å². The molecule has 8 heteroatoms. The van der Waals surface area contributed by atoms with Gasteiger partial charge in [0.1, 0.15) is 24.3 Å². The van der Waals surface area contributed by atoms with Crippen molar-refractivity contribution in [1.29, 1.82) is 0 Å². The summed E-state index contributed by atoms with van der Waals surface area (Å²) in [6, 6.07) is 11.2. The van der Waals surface area contributed by atoms with Gasteiger partial charge in [-0.3, -0.25) is 9.59 Å². The summed E-state index contributed by atoms with van der Waals surface area (Å²) in [6.45, 7) is 2.11. The molecule has 0 heterocycles. The van der Waals surface area contributed by atoms with Gasteiger partial charge in [-0.2, -0.15) is 0 Å². The Balaban J connectivity index is 1.65. The number of nitrogens with one attached hydrogen (secondary N) is 2. The third-order valence-corrected chi connectivity index (χ3v) is 4.47. The van der Waals surface area contributed by atoms with E-state index >= 15 is 0 Å². The van der Waals surface area contributed by atoms with Crippen LogP contribution in [0.5, 0.6) is 5.75 Å². The summed E-state index contributed by atoms with van der Waals surface area (Å²) in [6.07, 6.45) is -0.827. The largest absolute Gasteiger partial charge is 0.491 e. The van der Waals surface area contributed by atoms with Gasteiger partial charge in [-0.1, -0.05) is 12.1 Å². The average Bonchev–Trinajstić information content (AvgIpc) is 2.66. The van der Waals surface area contributed by atoms with E-state index in [-0.39, 0.29) is 37.6 Å². The van der Waals surface area contributed by atoms with Crippen LogP contribution in [0.1, 0.15) is 22.3 Å². The molecule has 6 nitrogen and oxygen atoms in total. The van der Waals surface area contributed by atoms with Gasteiger partial charge in [0.25, 0.3) is 5.91 Å². The number of carbonyl (C=O) groups excluding carboxylic acids is 2. The van der Waals surface area contributed by atoms with Crippen LogP contribution in [0, 0.1) is 12.7 Å². The second kappa shape index (κ2) is 10.8. The standard InChI is InChI=1S/C20H22BrFN2O4/c1-13-3-2-4-16(9-13)28-12-15(25)11-24-19(26)7-8-23-20(27)17-10-14(22)5-6-18(17)21/h2-6,9-10,15,25H,7-8,11-12H2,1H3,(H,23,27)(H,24,26). The van der Waals surface area contributed by atoms with Crippen LogP contribution in [0.2, 0.25) is 0 Å². The first-order valence-electron chi connectivity index (χ1n) is 8.72. The third-order valence-electron chi connectivity index (χ3n) is 3.78. The van der Waals surface area contributed by atoms with Gasteiger partial charge in [0.15, 0.2) is 0 Å². The molecule has 1 unspecified atom stereocenters. The van der Waals surface area contributed by atoms with Crippen molar-refractivity contribution in [3.8, 4) is 5.75 Å². The lowest BCUT2D eigenvalue weighted by molar-refractivity contribution is -0.121. The highest BCUT2D eigenvalue weighted by Crippen LogP contribution is 2.17. The van der Waals surface area contributed by atoms with Gasteiger partial charge in [-0.15, -0.1) is 0 Å². The molecule has 3 N–H and O–H groups in total. The molecule has 0 aliphatic heterocycles. The molecule has 1 atom stereocenters. The van der Waals surface area contributed by atoms with Crippen molar-refractivity contribution < 1.29 is 23.8 Å². The van der Waals surface area contributed by atoms with Crippen LogP contribution in [0.4, 0.5) is 4.39 Å². The van der Waals surface area contributed by atoms with Crippen molar-refractivity contribution in [2.24, 2.45) is 0 Å². The molecule has 0 aromatic heterocycles. The lowest BCUT2D eigenvalue weighted by Gasteiger charge is -2.14. The Kier molecular flexibility index (Phi) is 8.41. The van der Waals surface area contributed by atoms with E-state index in [1.54, 1.807) is 6.07 Å². The quantitative estimate of drug-likeness (QED) is 0.545. The number of aliphatic hydroxyl groups is 1. The predicted molar refractivity (Wildman–Crippen MR) is 107 cm³/mol. The van der Waals surface area contributed by atoms with Crippen molar-refractivity contribution in [3.63, 3.8) is 0 Å². The Hall–Kier alpha value is -2.45. The number of carbonyl (C=O) groups is 2. The maximum atomic E-state index is 13.2. The summed E-state index contributed by atoms with van der Waals surface area (Å²) in [5, 5.41) is 15.0. The predicted octanol–water partition coefficient (Wildman–Crippen LogP) is 2.57. The molecule has 0 radical (unpaired) electrons. The highest BCUT2D eigenvalue weighted by Gasteiger charge is 2.12. The van der Waals surface area contributed by atoms with Crippen molar-refractivity contribution in [1.82, 2.24) is 10.6 Å². The molecule has 28 heavy (non-hydrogen) atoms. The van der Waals surface area contributed by atoms with Crippen LogP contribution in [0.25, 0.3) is 0 Å². The number of amides is 2. The van der Waals surface area contributed by atoms with Gasteiger partial charge in [0, 0.05) is 24.0 Å². The topological polar surface area (TPSA) is 87.7 Å². The Morgan fingerprint density at radius 2 is 2.00 bits per heavy atom. The Morgan fingerprint density at radius 3 is 2.75 bits per heavy atom. The maximum Gasteiger partial charge on any atom is 0.252 e. The van der Waals surface area contributed by atoms with E-state index in [4.69, 9.17) is 4.74 Å². The van der Waals surface area contributed by atoms with E-state index < -0.39 is 17.8 Å². The lowest BCUT2D eigenvalue weighted by atomic mass is 10.2. The summed E-state index contributed by atoms with van der Waals surface area (Å²) in [4.78, 5) is 23.8. The lowest BCUT2D eigenvalue weighted by Crippen LogP contribution is -2.37. The second-order valence-electron chi connectivity index (χ2n) is 6.22. The third kappa shape index (κ3) is 7.28. The molecule has 2 rings (SSSR count). The fraction of sp³-hybridized carbons (Fsp3) is 0.300. The number of halogens is 2. The zero-order valence-electron chi connectivity index (χ0n) is 15.4. The van der Waals surface area contributed by atoms with Gasteiger partial charge in [0.05, 0.1) is 5.56 Å². The normalized spacial score (nSPS) is 11.6. The minimum Gasteiger partial charge on any atom is -0.491 e. The van der Waals surface area contributed by atoms with Crippen molar-refractivity contribution in [3.05, 3.63) is 63.9 Å². The minimum absolute atomic E-state index is 0.0319. The fourth-order valence-electron chi connectivity index (χ4n) is 2.33. The van der Waals surface area contributed by atoms with E-state index in [1.807, 2.05) is 25.1 Å². The molecule has 2 aromatic rings. The first-order valence-corrected chi connectivity index (χ1v) is 9.52. The van der Waals surface area contributed by atoms with Crippen molar-refractivity contribution >= 4 is 27.7 Å². The molecule has 0 spiro atoms. The van der Waals surface area contributed by atoms with Crippen LogP contribution >= 0.6 is 15.9 Å². The zero-order chi connectivity index (χ0) is 20.5. The minimum atomic E-state index is -0.859. The number of aryl methyl sites for hydroxylation is 1. The van der Waals surface area contributed by atoms with E-state index in [0.717, 1.165) is 11.6 Å². The maximum absolute atomic E-state index is 13.2. The van der Waals surface area contributed by atoms with Gasteiger partial charge in [-0.05, 0) is 58.7 Å². The van der Waals surface area contributed by atoms with E-state index in [2.05, 4.69) is 26.6 Å². The summed E-state index contributed by atoms with van der Waals surface area (Å²) in [5.41, 5.74) is 1.21. The number of benzene rings is 2. The molecule has 2 aromatic carbocycles. The average molecular weight is 453 g/mol. The molecule has 0 bridgehead atoms. The number of hydrogen-bond donors (Lipinski definition) is 3. The molecule has 150 valence electrons. The Bertz CT molecular complexity index is 832. The summed E-state index contributed by atoms with van der Waals surface area (Å²) < 4.78 is 19.2. The number of rotatable bonds is 9. The van der Waals surface area contributed by atoms with Gasteiger partial charge in [0.2, 0.25) is 5.91 Å². The summed E-state index contributed by atoms with van der Waals surface area (Å²) in [5.74, 6) is -0.677. The molecule has 0 saturated heterocycles. The first-order chi connectivity index (χ1) is 13.3. The van der Waals surface area contributed by atoms with Crippen LogP contribution in [-0.2, 0) is 4.79 Å². The number of aliphatic hydroxyl groups excluding tert-OH is 1. The Morgan fingerprint density at radius 1 is 1.21 bits per heavy atom. The molecule has 0 fully saturated rings. The van der Waals surface area contributed by atoms with Gasteiger partial charge in [-0.25, -0.2) is 4.39 Å². The highest BCUT2D eigenvalue weighted by atomic mass is 79.9. The van der Waals surface area contributed by atoms with E-state index in [0.29, 0.717) is 10.2 Å². The monoisotopic (exact) mass is 452 g/mol. The molecule has 0 saturated carbocycles. The molecule has 0 aliphatic rings. The molecular weight excluding hydrogens is 431 g/mol. The van der Waals surface area contributed by atoms with Crippen LogP contribution < -0.4 is 15.4 Å². The SMILES string of the molecule is Cc1cccc(OCC(O)CNC(=O)CCNC(=O)c2cc(F)ccc2Br)c1. The molecular formula is C20H22BrFN2O4. The van der Waals surface area contributed by atoms with Crippen molar-refractivity contribution in [2.75, 3.05) is 19.7 Å². The van der Waals surface area contributed by atoms with E-state index in [9.17, 15) is 19.1 Å². The fourth-order valence-corrected chi connectivity index (χ4v) is 2.76. The molecule has 0 aliphatic carbocycles. The summed E-state index contributed by atoms with van der Waals surface area (Å²) >= 11 is 3.18. The molecule has 2 amide bonds. The van der Waals surface area contributed by atoms with Gasteiger partial charge >= 0.3 is 0 Å². The smallest absolute Gasteiger partial charge is 0.252 e. The number of hydrogen-bond acceptors (Lipinski definition) is 4. The van der Waals surface area contributed by atoms with Crippen LogP contribution in [0.3, 0.4) is 0 Å². The van der Waals surface area contributed by atoms with Gasteiger partial charge < -0.3 is 20.5 Å².